The average Bonchev–Trinajstić information content (AvgIpc) is 2.97. The Balaban J connectivity index is 1.95. The Kier molecular flexibility index (Phi) is 5.55. The van der Waals surface area contributed by atoms with E-state index in [-0.39, 0.29) is 5.91 Å². The Morgan fingerprint density at radius 2 is 2.23 bits per heavy atom. The first-order chi connectivity index (χ1) is 10.3. The van der Waals surface area contributed by atoms with Gasteiger partial charge < -0.3 is 10.4 Å². The van der Waals surface area contributed by atoms with E-state index >= 15 is 0 Å². The summed E-state index contributed by atoms with van der Waals surface area (Å²) in [6.45, 7) is 9.49. The predicted octanol–water partition coefficient (Wildman–Crippen LogP) is 1.68. The number of amides is 1. The van der Waals surface area contributed by atoms with Gasteiger partial charge in [0.25, 0.3) is 0 Å². The molecule has 1 fully saturated rings. The van der Waals surface area contributed by atoms with Crippen LogP contribution < -0.4 is 5.32 Å². The molecule has 0 saturated carbocycles. The molecule has 1 aromatic rings. The number of nitrogens with zero attached hydrogens (tertiary/aromatic N) is 2. The molecule has 0 radical (unpaired) electrons. The number of thioether (sulfide) groups is 1. The average molecular weight is 325 g/mol. The van der Waals surface area contributed by atoms with Crippen LogP contribution in [0.4, 0.5) is 0 Å². The quantitative estimate of drug-likeness (QED) is 0.835. The molecule has 124 valence electrons. The van der Waals surface area contributed by atoms with Crippen molar-refractivity contribution in [2.75, 3.05) is 18.1 Å². The third kappa shape index (κ3) is 4.26. The van der Waals surface area contributed by atoms with Gasteiger partial charge in [0.1, 0.15) is 0 Å². The van der Waals surface area contributed by atoms with Gasteiger partial charge >= 0.3 is 0 Å². The summed E-state index contributed by atoms with van der Waals surface area (Å²) in [6.07, 6.45) is 1.08. The molecule has 2 rings (SSSR count). The maximum atomic E-state index is 12.2. The zero-order valence-electron chi connectivity index (χ0n) is 14.0. The molecule has 22 heavy (non-hydrogen) atoms. The van der Waals surface area contributed by atoms with Crippen LogP contribution >= 0.6 is 11.8 Å². The summed E-state index contributed by atoms with van der Waals surface area (Å²) in [5, 5.41) is 17.7. The first-order valence-electron chi connectivity index (χ1n) is 7.90. The summed E-state index contributed by atoms with van der Waals surface area (Å²) >= 11 is 1.74. The molecule has 1 aliphatic heterocycles. The highest BCUT2D eigenvalue weighted by Gasteiger charge is 2.32. The van der Waals surface area contributed by atoms with Crippen LogP contribution in [0.3, 0.4) is 0 Å². The zero-order valence-corrected chi connectivity index (χ0v) is 14.8. The summed E-state index contributed by atoms with van der Waals surface area (Å²) in [6, 6.07) is 0. The third-order valence-corrected chi connectivity index (χ3v) is 5.34. The number of carbonyl (C=O) groups is 1. The van der Waals surface area contributed by atoms with Gasteiger partial charge in [-0.1, -0.05) is 13.8 Å². The lowest BCUT2D eigenvalue weighted by Crippen LogP contribution is -2.43. The maximum absolute atomic E-state index is 12.2. The van der Waals surface area contributed by atoms with Crippen molar-refractivity contribution in [3.8, 4) is 0 Å². The monoisotopic (exact) mass is 325 g/mol. The summed E-state index contributed by atoms with van der Waals surface area (Å²) in [4.78, 5) is 12.2. The van der Waals surface area contributed by atoms with Crippen molar-refractivity contribution in [1.29, 1.82) is 0 Å². The van der Waals surface area contributed by atoms with Crippen LogP contribution in [0, 0.1) is 19.8 Å². The van der Waals surface area contributed by atoms with Gasteiger partial charge in [0.2, 0.25) is 5.91 Å². The van der Waals surface area contributed by atoms with E-state index < -0.39 is 5.60 Å². The van der Waals surface area contributed by atoms with Crippen molar-refractivity contribution in [2.24, 2.45) is 5.92 Å². The van der Waals surface area contributed by atoms with Crippen molar-refractivity contribution >= 4 is 17.7 Å². The second-order valence-electron chi connectivity index (χ2n) is 6.71. The van der Waals surface area contributed by atoms with Crippen LogP contribution in [-0.4, -0.2) is 44.4 Å². The molecule has 2 heterocycles. The smallest absolute Gasteiger partial charge is 0.224 e. The topological polar surface area (TPSA) is 67.2 Å². The van der Waals surface area contributed by atoms with Gasteiger partial charge in [-0.3, -0.25) is 9.48 Å². The maximum Gasteiger partial charge on any atom is 0.224 e. The molecule has 1 aromatic heterocycles. The Bertz CT molecular complexity index is 534. The van der Waals surface area contributed by atoms with Gasteiger partial charge in [-0.2, -0.15) is 16.9 Å². The molecular weight excluding hydrogens is 298 g/mol. The molecule has 1 unspecified atom stereocenters. The van der Waals surface area contributed by atoms with Gasteiger partial charge in [0.05, 0.1) is 17.7 Å². The van der Waals surface area contributed by atoms with Crippen LogP contribution in [0.25, 0.3) is 0 Å². The second kappa shape index (κ2) is 7.04. The first-order valence-corrected chi connectivity index (χ1v) is 9.06. The SMILES string of the molecule is Cc1nn(CC(C)C)c(C)c1CC(=O)NCC1(O)CCSC1. The first kappa shape index (κ1) is 17.3. The van der Waals surface area contributed by atoms with Gasteiger partial charge in [0.15, 0.2) is 0 Å². The van der Waals surface area contributed by atoms with Crippen molar-refractivity contribution in [1.82, 2.24) is 15.1 Å². The molecule has 1 aliphatic rings. The molecule has 1 atom stereocenters. The Morgan fingerprint density at radius 3 is 2.82 bits per heavy atom. The number of hydrogen-bond donors (Lipinski definition) is 2. The molecule has 1 amide bonds. The Morgan fingerprint density at radius 1 is 1.50 bits per heavy atom. The highest BCUT2D eigenvalue weighted by atomic mass is 32.2. The fourth-order valence-electron chi connectivity index (χ4n) is 2.74. The number of aliphatic hydroxyl groups is 1. The van der Waals surface area contributed by atoms with E-state index in [0.29, 0.717) is 24.6 Å². The fraction of sp³-hybridized carbons (Fsp3) is 0.750. The fourth-order valence-corrected chi connectivity index (χ4v) is 4.03. The minimum atomic E-state index is -0.730. The minimum absolute atomic E-state index is 0.0411. The van der Waals surface area contributed by atoms with Gasteiger partial charge in [-0.25, -0.2) is 0 Å². The molecule has 0 spiro atoms. The van der Waals surface area contributed by atoms with Gasteiger partial charge in [-0.05, 0) is 31.9 Å². The lowest BCUT2D eigenvalue weighted by atomic mass is 10.0. The number of aromatic nitrogens is 2. The number of carbonyl (C=O) groups excluding carboxylic acids is 1. The summed E-state index contributed by atoms with van der Waals surface area (Å²) in [7, 11) is 0. The highest BCUT2D eigenvalue weighted by molar-refractivity contribution is 7.99. The van der Waals surface area contributed by atoms with Crippen LogP contribution in [0.5, 0.6) is 0 Å². The second-order valence-corrected chi connectivity index (χ2v) is 7.81. The molecule has 0 bridgehead atoms. The van der Waals surface area contributed by atoms with Crippen molar-refractivity contribution < 1.29 is 9.90 Å². The van der Waals surface area contributed by atoms with Crippen molar-refractivity contribution in [2.45, 2.75) is 52.7 Å². The highest BCUT2D eigenvalue weighted by Crippen LogP contribution is 2.27. The standard InChI is InChI=1S/C16H27N3O2S/c1-11(2)8-19-13(4)14(12(3)18-19)7-15(20)17-9-16(21)5-6-22-10-16/h11,21H,5-10H2,1-4H3,(H,17,20). The third-order valence-electron chi connectivity index (χ3n) is 4.10. The van der Waals surface area contributed by atoms with E-state index in [9.17, 15) is 9.90 Å². The molecule has 0 aromatic carbocycles. The van der Waals surface area contributed by atoms with E-state index in [1.54, 1.807) is 11.8 Å². The van der Waals surface area contributed by atoms with E-state index in [1.807, 2.05) is 18.5 Å². The lowest BCUT2D eigenvalue weighted by molar-refractivity contribution is -0.121. The molecular formula is C16H27N3O2S. The zero-order chi connectivity index (χ0) is 16.3. The van der Waals surface area contributed by atoms with Crippen molar-refractivity contribution in [3.05, 3.63) is 17.0 Å². The molecule has 6 heteroatoms. The largest absolute Gasteiger partial charge is 0.387 e. The van der Waals surface area contributed by atoms with Crippen LogP contribution in [0.15, 0.2) is 0 Å². The normalized spacial score (nSPS) is 21.5. The Hall–Kier alpha value is -1.01. The molecule has 5 nitrogen and oxygen atoms in total. The van der Waals surface area contributed by atoms with Crippen molar-refractivity contribution in [3.63, 3.8) is 0 Å². The van der Waals surface area contributed by atoms with Crippen LogP contribution in [0.1, 0.15) is 37.2 Å². The predicted molar refractivity (Wildman–Crippen MR) is 90.1 cm³/mol. The lowest BCUT2D eigenvalue weighted by Gasteiger charge is -2.21. The van der Waals surface area contributed by atoms with Crippen LogP contribution in [0.2, 0.25) is 0 Å². The number of nitrogens with one attached hydrogen (secondary N) is 1. The van der Waals surface area contributed by atoms with E-state index in [4.69, 9.17) is 0 Å². The molecule has 1 saturated heterocycles. The van der Waals surface area contributed by atoms with Gasteiger partial charge in [0, 0.05) is 30.1 Å². The van der Waals surface area contributed by atoms with E-state index in [2.05, 4.69) is 24.3 Å². The number of hydrogen-bond acceptors (Lipinski definition) is 4. The van der Waals surface area contributed by atoms with Crippen LogP contribution in [-0.2, 0) is 17.8 Å². The van der Waals surface area contributed by atoms with E-state index in [1.165, 1.54) is 0 Å². The molecule has 2 N–H and O–H groups in total. The summed E-state index contributed by atoms with van der Waals surface area (Å²) in [5.74, 6) is 2.15. The summed E-state index contributed by atoms with van der Waals surface area (Å²) in [5.41, 5.74) is 2.26. The number of rotatable bonds is 6. The molecule has 0 aliphatic carbocycles. The summed E-state index contributed by atoms with van der Waals surface area (Å²) < 4.78 is 1.99. The number of aryl methyl sites for hydroxylation is 1. The Labute approximate surface area is 136 Å². The minimum Gasteiger partial charge on any atom is -0.387 e. The van der Waals surface area contributed by atoms with E-state index in [0.717, 1.165) is 35.7 Å². The van der Waals surface area contributed by atoms with Gasteiger partial charge in [-0.15, -0.1) is 0 Å².